The SMILES string of the molecule is N#C/C(=C/NCc1cccc(F)c1)C(=O)NC1CCCC1. The Bertz CT molecular complexity index is 571. The van der Waals surface area contributed by atoms with Gasteiger partial charge in [-0.15, -0.1) is 0 Å². The molecule has 1 aromatic rings. The number of hydrogen-bond acceptors (Lipinski definition) is 3. The molecule has 0 atom stereocenters. The predicted molar refractivity (Wildman–Crippen MR) is 77.3 cm³/mol. The Morgan fingerprint density at radius 2 is 2.19 bits per heavy atom. The Morgan fingerprint density at radius 3 is 2.86 bits per heavy atom. The summed E-state index contributed by atoms with van der Waals surface area (Å²) in [5.74, 6) is -0.658. The van der Waals surface area contributed by atoms with Crippen LogP contribution in [0.5, 0.6) is 0 Å². The first kappa shape index (κ1) is 15.0. The van der Waals surface area contributed by atoms with Gasteiger partial charge in [-0.3, -0.25) is 4.79 Å². The molecule has 0 aliphatic heterocycles. The van der Waals surface area contributed by atoms with Crippen molar-refractivity contribution in [1.29, 1.82) is 5.26 Å². The van der Waals surface area contributed by atoms with Gasteiger partial charge in [-0.1, -0.05) is 25.0 Å². The molecule has 0 bridgehead atoms. The molecule has 1 aliphatic carbocycles. The molecule has 1 fully saturated rings. The third kappa shape index (κ3) is 4.60. The molecule has 0 spiro atoms. The van der Waals surface area contributed by atoms with Crippen LogP contribution in [0.25, 0.3) is 0 Å². The number of nitrogens with one attached hydrogen (secondary N) is 2. The molecule has 0 saturated heterocycles. The van der Waals surface area contributed by atoms with Crippen molar-refractivity contribution in [2.75, 3.05) is 0 Å². The molecule has 1 saturated carbocycles. The van der Waals surface area contributed by atoms with E-state index in [4.69, 9.17) is 5.26 Å². The summed E-state index contributed by atoms with van der Waals surface area (Å²) in [6, 6.07) is 8.23. The van der Waals surface area contributed by atoms with Gasteiger partial charge in [-0.25, -0.2) is 4.39 Å². The van der Waals surface area contributed by atoms with E-state index in [2.05, 4.69) is 10.6 Å². The molecule has 2 rings (SSSR count). The largest absolute Gasteiger partial charge is 0.386 e. The van der Waals surface area contributed by atoms with Crippen LogP contribution in [-0.4, -0.2) is 11.9 Å². The lowest BCUT2D eigenvalue weighted by Crippen LogP contribution is -2.33. The minimum absolute atomic E-state index is 0.0401. The van der Waals surface area contributed by atoms with Crippen LogP contribution < -0.4 is 10.6 Å². The molecule has 0 aromatic heterocycles. The monoisotopic (exact) mass is 287 g/mol. The molecule has 4 nitrogen and oxygen atoms in total. The van der Waals surface area contributed by atoms with Crippen LogP contribution in [-0.2, 0) is 11.3 Å². The summed E-state index contributed by atoms with van der Waals surface area (Å²) in [5, 5.41) is 14.8. The topological polar surface area (TPSA) is 64.9 Å². The van der Waals surface area contributed by atoms with Crippen LogP contribution in [0.1, 0.15) is 31.2 Å². The first-order chi connectivity index (χ1) is 10.2. The van der Waals surface area contributed by atoms with Gasteiger partial charge in [0.25, 0.3) is 5.91 Å². The van der Waals surface area contributed by atoms with Crippen LogP contribution in [0, 0.1) is 17.1 Å². The highest BCUT2D eigenvalue weighted by Crippen LogP contribution is 2.17. The summed E-state index contributed by atoms with van der Waals surface area (Å²) in [6.45, 7) is 0.361. The lowest BCUT2D eigenvalue weighted by atomic mass is 10.2. The van der Waals surface area contributed by atoms with Gasteiger partial charge < -0.3 is 10.6 Å². The van der Waals surface area contributed by atoms with Crippen molar-refractivity contribution in [3.05, 3.63) is 47.4 Å². The van der Waals surface area contributed by atoms with E-state index >= 15 is 0 Å². The molecule has 0 heterocycles. The van der Waals surface area contributed by atoms with E-state index in [9.17, 15) is 9.18 Å². The first-order valence-electron chi connectivity index (χ1n) is 7.08. The smallest absolute Gasteiger partial charge is 0.263 e. The molecule has 0 radical (unpaired) electrons. The Kier molecular flexibility index (Phi) is 5.33. The normalized spacial score (nSPS) is 15.5. The number of nitriles is 1. The Morgan fingerprint density at radius 1 is 1.43 bits per heavy atom. The fourth-order valence-corrected chi connectivity index (χ4v) is 2.40. The second-order valence-electron chi connectivity index (χ2n) is 5.14. The quantitative estimate of drug-likeness (QED) is 0.645. The average molecular weight is 287 g/mol. The van der Waals surface area contributed by atoms with Crippen LogP contribution in [0.15, 0.2) is 36.0 Å². The summed E-state index contributed by atoms with van der Waals surface area (Å²) < 4.78 is 13.0. The van der Waals surface area contributed by atoms with E-state index in [0.717, 1.165) is 31.2 Å². The lowest BCUT2D eigenvalue weighted by molar-refractivity contribution is -0.117. The van der Waals surface area contributed by atoms with Crippen molar-refractivity contribution in [1.82, 2.24) is 10.6 Å². The number of nitrogens with zero attached hydrogens (tertiary/aromatic N) is 1. The summed E-state index contributed by atoms with van der Waals surface area (Å²) in [4.78, 5) is 11.9. The maximum Gasteiger partial charge on any atom is 0.263 e. The maximum absolute atomic E-state index is 13.0. The van der Waals surface area contributed by atoms with Crippen LogP contribution in [0.4, 0.5) is 4.39 Å². The molecule has 1 aliphatic rings. The molecule has 2 N–H and O–H groups in total. The molecular weight excluding hydrogens is 269 g/mol. The molecular formula is C16H18FN3O. The van der Waals surface area contributed by atoms with Crippen molar-refractivity contribution in [3.8, 4) is 6.07 Å². The van der Waals surface area contributed by atoms with Crippen LogP contribution in [0.3, 0.4) is 0 Å². The van der Waals surface area contributed by atoms with Crippen molar-refractivity contribution in [3.63, 3.8) is 0 Å². The van der Waals surface area contributed by atoms with Crippen molar-refractivity contribution < 1.29 is 9.18 Å². The average Bonchev–Trinajstić information content (AvgIpc) is 2.96. The summed E-state index contributed by atoms with van der Waals surface area (Å²) in [6.07, 6.45) is 5.57. The van der Waals surface area contributed by atoms with Gasteiger partial charge in [0.05, 0.1) is 0 Å². The van der Waals surface area contributed by atoms with E-state index < -0.39 is 0 Å². The second kappa shape index (κ2) is 7.44. The third-order valence-electron chi connectivity index (χ3n) is 3.50. The van der Waals surface area contributed by atoms with Crippen LogP contribution >= 0.6 is 0 Å². The van der Waals surface area contributed by atoms with Gasteiger partial charge in [0.1, 0.15) is 17.5 Å². The van der Waals surface area contributed by atoms with Gasteiger partial charge in [0.2, 0.25) is 0 Å². The number of rotatable bonds is 5. The van der Waals surface area contributed by atoms with Crippen molar-refractivity contribution in [2.24, 2.45) is 0 Å². The van der Waals surface area contributed by atoms with Crippen molar-refractivity contribution in [2.45, 2.75) is 38.3 Å². The number of amides is 1. The molecule has 110 valence electrons. The highest BCUT2D eigenvalue weighted by molar-refractivity contribution is 5.97. The van der Waals surface area contributed by atoms with E-state index in [-0.39, 0.29) is 23.3 Å². The lowest BCUT2D eigenvalue weighted by Gasteiger charge is -2.11. The summed E-state index contributed by atoms with van der Waals surface area (Å²) in [7, 11) is 0. The van der Waals surface area contributed by atoms with E-state index in [0.29, 0.717) is 6.54 Å². The maximum atomic E-state index is 13.0. The highest BCUT2D eigenvalue weighted by Gasteiger charge is 2.19. The zero-order valence-corrected chi connectivity index (χ0v) is 11.7. The van der Waals surface area contributed by atoms with E-state index in [1.807, 2.05) is 6.07 Å². The Balaban J connectivity index is 1.87. The molecule has 21 heavy (non-hydrogen) atoms. The minimum Gasteiger partial charge on any atom is -0.386 e. The third-order valence-corrected chi connectivity index (χ3v) is 3.50. The fourth-order valence-electron chi connectivity index (χ4n) is 2.40. The number of benzene rings is 1. The van der Waals surface area contributed by atoms with E-state index in [1.165, 1.54) is 18.3 Å². The highest BCUT2D eigenvalue weighted by atomic mass is 19.1. The molecule has 0 unspecified atom stereocenters. The van der Waals surface area contributed by atoms with E-state index in [1.54, 1.807) is 12.1 Å². The van der Waals surface area contributed by atoms with Gasteiger partial charge in [0.15, 0.2) is 0 Å². The second-order valence-corrected chi connectivity index (χ2v) is 5.14. The van der Waals surface area contributed by atoms with Gasteiger partial charge >= 0.3 is 0 Å². The zero-order chi connectivity index (χ0) is 15.1. The zero-order valence-electron chi connectivity index (χ0n) is 11.7. The first-order valence-corrected chi connectivity index (χ1v) is 7.08. The molecule has 1 aromatic carbocycles. The number of carbonyl (C=O) groups excluding carboxylic acids is 1. The minimum atomic E-state index is -0.351. The van der Waals surface area contributed by atoms with Gasteiger partial charge in [-0.05, 0) is 30.5 Å². The fraction of sp³-hybridized carbons (Fsp3) is 0.375. The van der Waals surface area contributed by atoms with Gasteiger partial charge in [0, 0.05) is 18.8 Å². The van der Waals surface area contributed by atoms with Crippen molar-refractivity contribution >= 4 is 5.91 Å². The Hall–Kier alpha value is -2.35. The van der Waals surface area contributed by atoms with Gasteiger partial charge in [-0.2, -0.15) is 5.26 Å². The summed E-state index contributed by atoms with van der Waals surface area (Å²) in [5.41, 5.74) is 0.790. The van der Waals surface area contributed by atoms with Crippen LogP contribution in [0.2, 0.25) is 0 Å². The predicted octanol–water partition coefficient (Wildman–Crippen LogP) is 2.38. The Labute approximate surface area is 123 Å². The molecule has 5 heteroatoms. The summed E-state index contributed by atoms with van der Waals surface area (Å²) >= 11 is 0. The number of carbonyl (C=O) groups is 1. The number of halogens is 1. The number of hydrogen-bond donors (Lipinski definition) is 2. The molecule has 1 amide bonds. The standard InChI is InChI=1S/C16H18FN3O/c17-14-5-3-4-12(8-14)10-19-11-13(9-18)16(21)20-15-6-1-2-7-15/h3-5,8,11,15,19H,1-2,6-7,10H2,(H,20,21)/b13-11-.